The van der Waals surface area contributed by atoms with Crippen LogP contribution in [0.2, 0.25) is 0 Å². The zero-order valence-electron chi connectivity index (χ0n) is 11.5. The van der Waals surface area contributed by atoms with Gasteiger partial charge in [-0.15, -0.1) is 0 Å². The third-order valence-electron chi connectivity index (χ3n) is 4.42. The Balaban J connectivity index is 2.08. The fraction of sp³-hybridized carbons (Fsp3) is 0.929. The molecule has 2 saturated heterocycles. The number of nitrogens with zero attached hydrogens (tertiary/aromatic N) is 1. The lowest BCUT2D eigenvalue weighted by molar-refractivity contribution is -0.140. The molecule has 2 fully saturated rings. The van der Waals surface area contributed by atoms with E-state index in [1.807, 2.05) is 0 Å². The summed E-state index contributed by atoms with van der Waals surface area (Å²) in [5.74, 6) is 0.919. The standard InChI is InChI=1S/C14H26N2O/c1-11(2)12-7-6-10-16(12)13(17)14(3)8-4-5-9-15-14/h11-12,15H,4-10H2,1-3H3. The van der Waals surface area contributed by atoms with E-state index in [4.69, 9.17) is 0 Å². The number of hydrogen-bond donors (Lipinski definition) is 1. The average molecular weight is 238 g/mol. The topological polar surface area (TPSA) is 32.3 Å². The van der Waals surface area contributed by atoms with Gasteiger partial charge in [0, 0.05) is 12.6 Å². The molecule has 0 aromatic rings. The summed E-state index contributed by atoms with van der Waals surface area (Å²) in [5, 5.41) is 3.44. The monoisotopic (exact) mass is 238 g/mol. The van der Waals surface area contributed by atoms with Crippen molar-refractivity contribution in [3.63, 3.8) is 0 Å². The van der Waals surface area contributed by atoms with Gasteiger partial charge < -0.3 is 10.2 Å². The Morgan fingerprint density at radius 1 is 1.35 bits per heavy atom. The highest BCUT2D eigenvalue weighted by molar-refractivity contribution is 5.86. The van der Waals surface area contributed by atoms with Crippen LogP contribution in [0.3, 0.4) is 0 Å². The van der Waals surface area contributed by atoms with Crippen LogP contribution in [0.4, 0.5) is 0 Å². The molecule has 3 heteroatoms. The van der Waals surface area contributed by atoms with Crippen molar-refractivity contribution in [1.82, 2.24) is 10.2 Å². The zero-order valence-corrected chi connectivity index (χ0v) is 11.5. The SMILES string of the molecule is CC(C)C1CCCN1C(=O)C1(C)CCCCN1. The van der Waals surface area contributed by atoms with Crippen molar-refractivity contribution in [2.24, 2.45) is 5.92 Å². The Hall–Kier alpha value is -0.570. The van der Waals surface area contributed by atoms with Crippen LogP contribution < -0.4 is 5.32 Å². The second kappa shape index (κ2) is 4.97. The van der Waals surface area contributed by atoms with Gasteiger partial charge in [0.25, 0.3) is 0 Å². The molecule has 0 aromatic heterocycles. The molecule has 2 aliphatic rings. The van der Waals surface area contributed by atoms with Crippen molar-refractivity contribution in [2.45, 2.75) is 64.5 Å². The second-order valence-corrected chi connectivity index (χ2v) is 6.17. The van der Waals surface area contributed by atoms with Crippen molar-refractivity contribution >= 4 is 5.91 Å². The predicted octanol–water partition coefficient (Wildman–Crippen LogP) is 2.17. The molecule has 0 spiro atoms. The van der Waals surface area contributed by atoms with Gasteiger partial charge in [-0.05, 0) is 51.5 Å². The number of carbonyl (C=O) groups is 1. The second-order valence-electron chi connectivity index (χ2n) is 6.17. The lowest BCUT2D eigenvalue weighted by Crippen LogP contribution is -2.59. The normalized spacial score (nSPS) is 34.4. The molecule has 2 unspecified atom stereocenters. The Labute approximate surface area is 105 Å². The number of hydrogen-bond acceptors (Lipinski definition) is 2. The first-order valence-corrected chi connectivity index (χ1v) is 7.11. The number of amides is 1. The van der Waals surface area contributed by atoms with E-state index < -0.39 is 0 Å². The summed E-state index contributed by atoms with van der Waals surface area (Å²) in [5.41, 5.74) is -0.296. The van der Waals surface area contributed by atoms with E-state index in [1.165, 1.54) is 25.7 Å². The first-order chi connectivity index (χ1) is 8.04. The maximum Gasteiger partial charge on any atom is 0.242 e. The van der Waals surface area contributed by atoms with Gasteiger partial charge >= 0.3 is 0 Å². The lowest BCUT2D eigenvalue weighted by atomic mass is 9.88. The smallest absolute Gasteiger partial charge is 0.242 e. The highest BCUT2D eigenvalue weighted by Crippen LogP contribution is 2.29. The molecule has 0 radical (unpaired) electrons. The third-order valence-corrected chi connectivity index (χ3v) is 4.42. The summed E-state index contributed by atoms with van der Waals surface area (Å²) in [7, 11) is 0. The van der Waals surface area contributed by atoms with E-state index in [2.05, 4.69) is 31.0 Å². The minimum absolute atomic E-state index is 0.296. The van der Waals surface area contributed by atoms with E-state index in [9.17, 15) is 4.79 Å². The molecule has 0 aliphatic carbocycles. The summed E-state index contributed by atoms with van der Waals surface area (Å²) < 4.78 is 0. The zero-order chi connectivity index (χ0) is 12.5. The highest BCUT2D eigenvalue weighted by atomic mass is 16.2. The van der Waals surface area contributed by atoms with Gasteiger partial charge in [-0.2, -0.15) is 0 Å². The van der Waals surface area contributed by atoms with Gasteiger partial charge in [0.15, 0.2) is 0 Å². The van der Waals surface area contributed by atoms with E-state index in [0.29, 0.717) is 17.9 Å². The molecule has 2 aliphatic heterocycles. The van der Waals surface area contributed by atoms with Crippen molar-refractivity contribution in [2.75, 3.05) is 13.1 Å². The predicted molar refractivity (Wildman–Crippen MR) is 69.8 cm³/mol. The van der Waals surface area contributed by atoms with Gasteiger partial charge in [-0.1, -0.05) is 13.8 Å². The summed E-state index contributed by atoms with van der Waals surface area (Å²) in [6.45, 7) is 8.49. The summed E-state index contributed by atoms with van der Waals surface area (Å²) in [6, 6.07) is 0.461. The van der Waals surface area contributed by atoms with Gasteiger partial charge in [-0.3, -0.25) is 4.79 Å². The van der Waals surface area contributed by atoms with Crippen LogP contribution in [-0.4, -0.2) is 35.5 Å². The Morgan fingerprint density at radius 3 is 2.71 bits per heavy atom. The number of piperidine rings is 1. The minimum atomic E-state index is -0.296. The first-order valence-electron chi connectivity index (χ1n) is 7.11. The lowest BCUT2D eigenvalue weighted by Gasteiger charge is -2.39. The van der Waals surface area contributed by atoms with E-state index >= 15 is 0 Å². The number of carbonyl (C=O) groups excluding carboxylic acids is 1. The van der Waals surface area contributed by atoms with Crippen LogP contribution in [0.25, 0.3) is 0 Å². The molecular weight excluding hydrogens is 212 g/mol. The van der Waals surface area contributed by atoms with Crippen LogP contribution in [0.15, 0.2) is 0 Å². The summed E-state index contributed by atoms with van der Waals surface area (Å²) in [4.78, 5) is 14.8. The van der Waals surface area contributed by atoms with Crippen LogP contribution in [0, 0.1) is 5.92 Å². The third kappa shape index (κ3) is 2.49. The Kier molecular flexibility index (Phi) is 3.76. The van der Waals surface area contributed by atoms with E-state index in [1.54, 1.807) is 0 Å². The molecule has 0 bridgehead atoms. The first kappa shape index (κ1) is 12.9. The van der Waals surface area contributed by atoms with Crippen LogP contribution in [0.5, 0.6) is 0 Å². The molecular formula is C14H26N2O. The number of likely N-dealkylation sites (tertiary alicyclic amines) is 1. The molecule has 3 nitrogen and oxygen atoms in total. The fourth-order valence-electron chi connectivity index (χ4n) is 3.29. The van der Waals surface area contributed by atoms with Crippen LogP contribution in [-0.2, 0) is 4.79 Å². The maximum atomic E-state index is 12.7. The number of rotatable bonds is 2. The van der Waals surface area contributed by atoms with Crippen LogP contribution in [0.1, 0.15) is 52.9 Å². The van der Waals surface area contributed by atoms with Gasteiger partial charge in [0.2, 0.25) is 5.91 Å². The minimum Gasteiger partial charge on any atom is -0.338 e. The highest BCUT2D eigenvalue weighted by Gasteiger charge is 2.41. The van der Waals surface area contributed by atoms with Crippen molar-refractivity contribution < 1.29 is 4.79 Å². The molecule has 2 rings (SSSR count). The van der Waals surface area contributed by atoms with Crippen LogP contribution >= 0.6 is 0 Å². The van der Waals surface area contributed by atoms with Gasteiger partial charge in [0.1, 0.15) is 0 Å². The molecule has 1 N–H and O–H groups in total. The fourth-order valence-corrected chi connectivity index (χ4v) is 3.29. The quantitative estimate of drug-likeness (QED) is 0.799. The Morgan fingerprint density at radius 2 is 2.12 bits per heavy atom. The van der Waals surface area contributed by atoms with E-state index in [-0.39, 0.29) is 5.54 Å². The number of nitrogens with one attached hydrogen (secondary N) is 1. The van der Waals surface area contributed by atoms with Crippen molar-refractivity contribution in [3.8, 4) is 0 Å². The molecule has 2 heterocycles. The molecule has 1 amide bonds. The maximum absolute atomic E-state index is 12.7. The molecule has 2 atom stereocenters. The molecule has 98 valence electrons. The molecule has 17 heavy (non-hydrogen) atoms. The van der Waals surface area contributed by atoms with Crippen molar-refractivity contribution in [3.05, 3.63) is 0 Å². The van der Waals surface area contributed by atoms with Gasteiger partial charge in [-0.25, -0.2) is 0 Å². The summed E-state index contributed by atoms with van der Waals surface area (Å²) >= 11 is 0. The van der Waals surface area contributed by atoms with Gasteiger partial charge in [0.05, 0.1) is 5.54 Å². The average Bonchev–Trinajstić information content (AvgIpc) is 2.77. The molecule has 0 saturated carbocycles. The molecule has 0 aromatic carbocycles. The Bertz CT molecular complexity index is 282. The largest absolute Gasteiger partial charge is 0.338 e. The van der Waals surface area contributed by atoms with Crippen molar-refractivity contribution in [1.29, 1.82) is 0 Å². The summed E-state index contributed by atoms with van der Waals surface area (Å²) in [6.07, 6.45) is 5.73. The van der Waals surface area contributed by atoms with E-state index in [0.717, 1.165) is 19.5 Å².